The van der Waals surface area contributed by atoms with E-state index in [1.807, 2.05) is 30.3 Å². The second kappa shape index (κ2) is 6.14. The first-order valence-electron chi connectivity index (χ1n) is 6.89. The maximum absolute atomic E-state index is 12.1. The van der Waals surface area contributed by atoms with Crippen LogP contribution < -0.4 is 5.32 Å². The van der Waals surface area contributed by atoms with E-state index in [1.54, 1.807) is 18.2 Å². The van der Waals surface area contributed by atoms with Crippen LogP contribution in [0, 0.1) is 0 Å². The van der Waals surface area contributed by atoms with Crippen molar-refractivity contribution in [2.75, 3.05) is 0 Å². The van der Waals surface area contributed by atoms with Gasteiger partial charge in [0.05, 0.1) is 11.2 Å². The van der Waals surface area contributed by atoms with Crippen molar-refractivity contribution in [3.63, 3.8) is 0 Å². The average molecular weight is 326 g/mol. The van der Waals surface area contributed by atoms with Crippen LogP contribution in [0.1, 0.15) is 17.5 Å². The lowest BCUT2D eigenvalue weighted by molar-refractivity contribution is -0.118. The molecule has 1 heterocycles. The lowest BCUT2D eigenvalue weighted by Gasteiger charge is -2.09. The molecule has 6 heteroatoms. The highest BCUT2D eigenvalue weighted by atomic mass is 35.5. The van der Waals surface area contributed by atoms with Gasteiger partial charge in [-0.1, -0.05) is 41.9 Å². The molecule has 0 spiro atoms. The highest BCUT2D eigenvalue weighted by Gasteiger charge is 2.16. The number of carbonyl (C=O) groups is 2. The van der Waals surface area contributed by atoms with Gasteiger partial charge in [-0.25, -0.2) is 9.97 Å². The summed E-state index contributed by atoms with van der Waals surface area (Å²) >= 11 is 6.07. The summed E-state index contributed by atoms with van der Waals surface area (Å²) in [5.74, 6) is -1.16. The summed E-state index contributed by atoms with van der Waals surface area (Å²) in [6.07, 6.45) is 0. The highest BCUT2D eigenvalue weighted by molar-refractivity contribution is 6.31. The molecular weight excluding hydrogens is 314 g/mol. The molecule has 1 aromatic heterocycles. The van der Waals surface area contributed by atoms with Crippen LogP contribution in [0.4, 0.5) is 0 Å². The molecule has 0 unspecified atom stereocenters. The van der Waals surface area contributed by atoms with Crippen LogP contribution in [0.15, 0.2) is 48.5 Å². The number of carbonyl (C=O) groups excluding carboxylic acids is 2. The number of benzene rings is 2. The molecule has 114 valence electrons. The summed E-state index contributed by atoms with van der Waals surface area (Å²) in [5, 5.41) is 3.48. The SMILES string of the molecule is CC(=O)NC(=O)c1nc(-c2ccccc2)c2cc(Cl)ccc2n1. The van der Waals surface area contributed by atoms with E-state index in [9.17, 15) is 9.59 Å². The molecule has 23 heavy (non-hydrogen) atoms. The van der Waals surface area contributed by atoms with E-state index in [0.717, 1.165) is 10.9 Å². The highest BCUT2D eigenvalue weighted by Crippen LogP contribution is 2.28. The van der Waals surface area contributed by atoms with E-state index in [0.29, 0.717) is 16.2 Å². The Bertz CT molecular complexity index is 910. The molecule has 0 fully saturated rings. The lowest BCUT2D eigenvalue weighted by Crippen LogP contribution is -2.29. The van der Waals surface area contributed by atoms with Crippen molar-refractivity contribution in [1.82, 2.24) is 15.3 Å². The third-order valence-electron chi connectivity index (χ3n) is 3.20. The Kier molecular flexibility index (Phi) is 4.04. The van der Waals surface area contributed by atoms with Gasteiger partial charge >= 0.3 is 0 Å². The molecule has 0 atom stereocenters. The van der Waals surface area contributed by atoms with E-state index in [4.69, 9.17) is 11.6 Å². The van der Waals surface area contributed by atoms with Crippen LogP contribution in [-0.2, 0) is 4.79 Å². The number of nitrogens with one attached hydrogen (secondary N) is 1. The number of fused-ring (bicyclic) bond motifs is 1. The molecule has 0 bridgehead atoms. The standard InChI is InChI=1S/C17H12ClN3O2/c1-10(22)19-17(23)16-20-14-8-7-12(18)9-13(14)15(21-16)11-5-3-2-4-6-11/h2-9H,1H3,(H,19,22,23). The summed E-state index contributed by atoms with van der Waals surface area (Å²) in [7, 11) is 0. The molecular formula is C17H12ClN3O2. The summed E-state index contributed by atoms with van der Waals surface area (Å²) in [4.78, 5) is 31.7. The first kappa shape index (κ1) is 15.1. The number of rotatable bonds is 2. The summed E-state index contributed by atoms with van der Waals surface area (Å²) in [6.45, 7) is 1.26. The maximum Gasteiger partial charge on any atom is 0.295 e. The van der Waals surface area contributed by atoms with Crippen molar-refractivity contribution in [3.8, 4) is 11.3 Å². The Balaban J connectivity index is 2.24. The van der Waals surface area contributed by atoms with E-state index in [2.05, 4.69) is 15.3 Å². The van der Waals surface area contributed by atoms with Crippen LogP contribution in [-0.4, -0.2) is 21.8 Å². The third kappa shape index (κ3) is 3.19. The topological polar surface area (TPSA) is 72.0 Å². The van der Waals surface area contributed by atoms with Gasteiger partial charge in [-0.05, 0) is 18.2 Å². The molecule has 0 radical (unpaired) electrons. The van der Waals surface area contributed by atoms with Crippen LogP contribution in [0.25, 0.3) is 22.2 Å². The minimum absolute atomic E-state index is 0.0612. The summed E-state index contributed by atoms with van der Waals surface area (Å²) < 4.78 is 0. The van der Waals surface area contributed by atoms with Gasteiger partial charge in [0.2, 0.25) is 11.7 Å². The number of halogens is 1. The molecule has 0 saturated carbocycles. The van der Waals surface area contributed by atoms with Crippen LogP contribution in [0.3, 0.4) is 0 Å². The molecule has 5 nitrogen and oxygen atoms in total. The third-order valence-corrected chi connectivity index (χ3v) is 3.43. The molecule has 0 aliphatic heterocycles. The van der Waals surface area contributed by atoms with Gasteiger partial charge < -0.3 is 0 Å². The molecule has 2 aromatic carbocycles. The Morgan fingerprint density at radius 2 is 1.78 bits per heavy atom. The van der Waals surface area contributed by atoms with Gasteiger partial charge in [-0.2, -0.15) is 0 Å². The largest absolute Gasteiger partial charge is 0.295 e. The lowest BCUT2D eigenvalue weighted by atomic mass is 10.1. The van der Waals surface area contributed by atoms with E-state index < -0.39 is 11.8 Å². The van der Waals surface area contributed by atoms with E-state index >= 15 is 0 Å². The summed E-state index contributed by atoms with van der Waals surface area (Å²) in [6, 6.07) is 14.6. The van der Waals surface area contributed by atoms with Crippen molar-refractivity contribution >= 4 is 34.3 Å². The van der Waals surface area contributed by atoms with E-state index in [1.165, 1.54) is 6.92 Å². The predicted octanol–water partition coefficient (Wildman–Crippen LogP) is 3.23. The fourth-order valence-electron chi connectivity index (χ4n) is 2.23. The van der Waals surface area contributed by atoms with Crippen molar-refractivity contribution < 1.29 is 9.59 Å². The van der Waals surface area contributed by atoms with Crippen molar-refractivity contribution in [2.45, 2.75) is 6.92 Å². The number of amides is 2. The van der Waals surface area contributed by atoms with Gasteiger partial charge in [0.25, 0.3) is 5.91 Å². The minimum atomic E-state index is -0.633. The quantitative estimate of drug-likeness (QED) is 0.785. The first-order valence-corrected chi connectivity index (χ1v) is 7.27. The Hall–Kier alpha value is -2.79. The Labute approximate surface area is 137 Å². The zero-order valence-corrected chi connectivity index (χ0v) is 13.0. The minimum Gasteiger partial charge on any atom is -0.290 e. The normalized spacial score (nSPS) is 10.5. The van der Waals surface area contributed by atoms with Gasteiger partial charge in [0, 0.05) is 22.9 Å². The Morgan fingerprint density at radius 3 is 2.48 bits per heavy atom. The molecule has 0 aliphatic carbocycles. The van der Waals surface area contributed by atoms with Crippen LogP contribution >= 0.6 is 11.6 Å². The number of hydrogen-bond acceptors (Lipinski definition) is 4. The molecule has 1 N–H and O–H groups in total. The monoisotopic (exact) mass is 325 g/mol. The smallest absolute Gasteiger partial charge is 0.290 e. The molecule has 0 aliphatic rings. The number of imide groups is 1. The van der Waals surface area contributed by atoms with Gasteiger partial charge in [0.15, 0.2) is 0 Å². The van der Waals surface area contributed by atoms with Crippen molar-refractivity contribution in [3.05, 3.63) is 59.4 Å². The van der Waals surface area contributed by atoms with Gasteiger partial charge in [0.1, 0.15) is 0 Å². The molecule has 2 amide bonds. The zero-order valence-electron chi connectivity index (χ0n) is 12.2. The van der Waals surface area contributed by atoms with Crippen LogP contribution in [0.2, 0.25) is 5.02 Å². The molecule has 3 aromatic rings. The molecule has 3 rings (SSSR count). The fraction of sp³-hybridized carbons (Fsp3) is 0.0588. The summed E-state index contributed by atoms with van der Waals surface area (Å²) in [5.41, 5.74) is 2.00. The molecule has 0 saturated heterocycles. The number of aromatic nitrogens is 2. The van der Waals surface area contributed by atoms with Gasteiger partial charge in [-0.3, -0.25) is 14.9 Å². The first-order chi connectivity index (χ1) is 11.0. The maximum atomic E-state index is 12.1. The average Bonchev–Trinajstić information content (AvgIpc) is 2.54. The fourth-order valence-corrected chi connectivity index (χ4v) is 2.41. The second-order valence-electron chi connectivity index (χ2n) is 4.93. The van der Waals surface area contributed by atoms with Crippen LogP contribution in [0.5, 0.6) is 0 Å². The Morgan fingerprint density at radius 1 is 1.04 bits per heavy atom. The van der Waals surface area contributed by atoms with E-state index in [-0.39, 0.29) is 5.82 Å². The number of hydrogen-bond donors (Lipinski definition) is 1. The second-order valence-corrected chi connectivity index (χ2v) is 5.37. The number of nitrogens with zero attached hydrogens (tertiary/aromatic N) is 2. The zero-order chi connectivity index (χ0) is 16.4. The predicted molar refractivity (Wildman–Crippen MR) is 88.1 cm³/mol. The van der Waals surface area contributed by atoms with Gasteiger partial charge in [-0.15, -0.1) is 0 Å². The van der Waals surface area contributed by atoms with Crippen molar-refractivity contribution in [2.24, 2.45) is 0 Å². The van der Waals surface area contributed by atoms with Crippen molar-refractivity contribution in [1.29, 1.82) is 0 Å².